The van der Waals surface area contributed by atoms with Crippen LogP contribution < -0.4 is 0 Å². The van der Waals surface area contributed by atoms with Gasteiger partial charge in [0.15, 0.2) is 0 Å². The number of carboxylic acid groups (broad SMARTS) is 1. The summed E-state index contributed by atoms with van der Waals surface area (Å²) in [5.74, 6) is -1.02. The maximum atomic E-state index is 10.6. The van der Waals surface area contributed by atoms with Crippen LogP contribution in [0.1, 0.15) is 10.5 Å². The van der Waals surface area contributed by atoms with Gasteiger partial charge in [0.2, 0.25) is 0 Å². The summed E-state index contributed by atoms with van der Waals surface area (Å²) in [6, 6.07) is 6.90. The lowest BCUT2D eigenvalue weighted by Crippen LogP contribution is -1.99. The fourth-order valence-electron chi connectivity index (χ4n) is 1.24. The summed E-state index contributed by atoms with van der Waals surface area (Å²) in [7, 11) is 0. The second kappa shape index (κ2) is 3.88. The molecule has 0 aliphatic rings. The van der Waals surface area contributed by atoms with Crippen molar-refractivity contribution in [3.8, 4) is 11.1 Å². The van der Waals surface area contributed by atoms with Crippen LogP contribution >= 0.6 is 0 Å². The minimum absolute atomic E-state index is 0.0489. The van der Waals surface area contributed by atoms with Gasteiger partial charge in [0, 0.05) is 24.2 Å². The van der Waals surface area contributed by atoms with Crippen molar-refractivity contribution in [1.29, 1.82) is 0 Å². The zero-order chi connectivity index (χ0) is 10.7. The van der Waals surface area contributed by atoms with Crippen molar-refractivity contribution in [2.75, 3.05) is 0 Å². The molecule has 2 aromatic heterocycles. The van der Waals surface area contributed by atoms with E-state index in [4.69, 9.17) is 5.11 Å². The smallest absolute Gasteiger partial charge is 0.354 e. The molecule has 0 aromatic carbocycles. The highest BCUT2D eigenvalue weighted by molar-refractivity contribution is 5.85. The normalized spacial score (nSPS) is 9.87. The molecule has 2 aromatic rings. The van der Waals surface area contributed by atoms with Crippen molar-refractivity contribution in [2.24, 2.45) is 0 Å². The monoisotopic (exact) mass is 200 g/mol. The molecule has 2 rings (SSSR count). The number of aromatic carboxylic acids is 1. The molecule has 1 N–H and O–H groups in total. The van der Waals surface area contributed by atoms with Crippen molar-refractivity contribution in [3.63, 3.8) is 0 Å². The average Bonchev–Trinajstić information content (AvgIpc) is 2.30. The molecule has 0 fully saturated rings. The number of carbonyl (C=O) groups is 1. The molecule has 0 aliphatic heterocycles. The van der Waals surface area contributed by atoms with Crippen LogP contribution in [0.2, 0.25) is 0 Å². The molecule has 0 unspecified atom stereocenters. The number of aromatic nitrogens is 2. The molecule has 0 saturated heterocycles. The molecule has 74 valence electrons. The summed E-state index contributed by atoms with van der Waals surface area (Å²) in [6.45, 7) is 0. The van der Waals surface area contributed by atoms with Crippen LogP contribution in [0.25, 0.3) is 11.1 Å². The number of rotatable bonds is 2. The Morgan fingerprint density at radius 1 is 1.07 bits per heavy atom. The topological polar surface area (TPSA) is 63.1 Å². The standard InChI is InChI=1S/C11H8N2O2/c14-11(15)10-2-1-9(7-13-10)8-3-5-12-6-4-8/h1-7H,(H,14,15). The molecule has 0 saturated carbocycles. The van der Waals surface area contributed by atoms with Crippen LogP contribution in [0.15, 0.2) is 42.9 Å². The summed E-state index contributed by atoms with van der Waals surface area (Å²) in [4.78, 5) is 18.3. The highest BCUT2D eigenvalue weighted by atomic mass is 16.4. The lowest BCUT2D eigenvalue weighted by Gasteiger charge is -2.00. The van der Waals surface area contributed by atoms with Gasteiger partial charge in [0.25, 0.3) is 0 Å². The van der Waals surface area contributed by atoms with Gasteiger partial charge in [0.1, 0.15) is 5.69 Å². The van der Waals surface area contributed by atoms with Crippen molar-refractivity contribution in [2.45, 2.75) is 0 Å². The van der Waals surface area contributed by atoms with E-state index in [0.29, 0.717) is 0 Å². The molecule has 2 heterocycles. The van der Waals surface area contributed by atoms with E-state index in [1.807, 2.05) is 12.1 Å². The Morgan fingerprint density at radius 2 is 1.80 bits per heavy atom. The van der Waals surface area contributed by atoms with Gasteiger partial charge in [-0.3, -0.25) is 4.98 Å². The second-order valence-corrected chi connectivity index (χ2v) is 2.97. The van der Waals surface area contributed by atoms with Crippen LogP contribution in [0, 0.1) is 0 Å². The predicted octanol–water partition coefficient (Wildman–Crippen LogP) is 1.84. The van der Waals surface area contributed by atoms with E-state index in [2.05, 4.69) is 9.97 Å². The maximum absolute atomic E-state index is 10.6. The van der Waals surface area contributed by atoms with Crippen molar-refractivity contribution in [3.05, 3.63) is 48.5 Å². The van der Waals surface area contributed by atoms with E-state index in [9.17, 15) is 4.79 Å². The Balaban J connectivity index is 2.36. The van der Waals surface area contributed by atoms with Crippen LogP contribution in [0.4, 0.5) is 0 Å². The summed E-state index contributed by atoms with van der Waals surface area (Å²) < 4.78 is 0. The lowest BCUT2D eigenvalue weighted by molar-refractivity contribution is 0.0690. The molecule has 0 aliphatic carbocycles. The van der Waals surface area contributed by atoms with Crippen LogP contribution in [-0.4, -0.2) is 21.0 Å². The van der Waals surface area contributed by atoms with Gasteiger partial charge in [0.05, 0.1) is 0 Å². The first-order valence-corrected chi connectivity index (χ1v) is 4.37. The Kier molecular flexibility index (Phi) is 2.41. The van der Waals surface area contributed by atoms with E-state index in [-0.39, 0.29) is 5.69 Å². The Hall–Kier alpha value is -2.23. The third-order valence-corrected chi connectivity index (χ3v) is 2.00. The number of nitrogens with zero attached hydrogens (tertiary/aromatic N) is 2. The SMILES string of the molecule is O=C(O)c1ccc(-c2ccncc2)cn1. The van der Waals surface area contributed by atoms with Gasteiger partial charge < -0.3 is 5.11 Å². The summed E-state index contributed by atoms with van der Waals surface area (Å²) in [5.41, 5.74) is 1.89. The van der Waals surface area contributed by atoms with E-state index >= 15 is 0 Å². The lowest BCUT2D eigenvalue weighted by atomic mass is 10.1. The van der Waals surface area contributed by atoms with Gasteiger partial charge in [-0.15, -0.1) is 0 Å². The van der Waals surface area contributed by atoms with Crippen LogP contribution in [0.5, 0.6) is 0 Å². The van der Waals surface area contributed by atoms with Gasteiger partial charge >= 0.3 is 5.97 Å². The van der Waals surface area contributed by atoms with E-state index in [1.54, 1.807) is 24.7 Å². The van der Waals surface area contributed by atoms with Crippen LogP contribution in [0.3, 0.4) is 0 Å². The average molecular weight is 200 g/mol. The second-order valence-electron chi connectivity index (χ2n) is 2.97. The first-order chi connectivity index (χ1) is 7.27. The molecule has 0 atom stereocenters. The number of carboxylic acids is 1. The minimum atomic E-state index is -1.02. The molecular weight excluding hydrogens is 192 g/mol. The van der Waals surface area contributed by atoms with Gasteiger partial charge in [-0.1, -0.05) is 6.07 Å². The van der Waals surface area contributed by atoms with E-state index in [0.717, 1.165) is 11.1 Å². The predicted molar refractivity (Wildman–Crippen MR) is 54.4 cm³/mol. The van der Waals surface area contributed by atoms with Crippen LogP contribution in [-0.2, 0) is 0 Å². The molecular formula is C11H8N2O2. The molecule has 4 nitrogen and oxygen atoms in total. The highest BCUT2D eigenvalue weighted by Crippen LogP contribution is 2.16. The molecule has 15 heavy (non-hydrogen) atoms. The quantitative estimate of drug-likeness (QED) is 0.803. The van der Waals surface area contributed by atoms with E-state index < -0.39 is 5.97 Å². The maximum Gasteiger partial charge on any atom is 0.354 e. The largest absolute Gasteiger partial charge is 0.477 e. The third kappa shape index (κ3) is 1.99. The van der Waals surface area contributed by atoms with Gasteiger partial charge in [-0.05, 0) is 23.8 Å². The van der Waals surface area contributed by atoms with E-state index in [1.165, 1.54) is 6.07 Å². The Labute approximate surface area is 86.2 Å². The van der Waals surface area contributed by atoms with Crippen molar-refractivity contribution in [1.82, 2.24) is 9.97 Å². The number of pyridine rings is 2. The molecule has 0 bridgehead atoms. The molecule has 4 heteroatoms. The molecule has 0 amide bonds. The Bertz CT molecular complexity index is 466. The fourth-order valence-corrected chi connectivity index (χ4v) is 1.24. The summed E-state index contributed by atoms with van der Waals surface area (Å²) in [6.07, 6.45) is 4.90. The summed E-state index contributed by atoms with van der Waals surface area (Å²) in [5, 5.41) is 8.67. The van der Waals surface area contributed by atoms with Crippen molar-refractivity contribution < 1.29 is 9.90 Å². The van der Waals surface area contributed by atoms with Gasteiger partial charge in [-0.2, -0.15) is 0 Å². The Morgan fingerprint density at radius 3 is 2.33 bits per heavy atom. The first kappa shape index (κ1) is 9.33. The minimum Gasteiger partial charge on any atom is -0.477 e. The zero-order valence-corrected chi connectivity index (χ0v) is 7.79. The third-order valence-electron chi connectivity index (χ3n) is 2.00. The van der Waals surface area contributed by atoms with Crippen molar-refractivity contribution >= 4 is 5.97 Å². The molecule has 0 spiro atoms. The van der Waals surface area contributed by atoms with Gasteiger partial charge in [-0.25, -0.2) is 9.78 Å². The molecule has 0 radical (unpaired) electrons. The highest BCUT2D eigenvalue weighted by Gasteiger charge is 2.04. The number of hydrogen-bond acceptors (Lipinski definition) is 3. The number of hydrogen-bond donors (Lipinski definition) is 1. The summed E-state index contributed by atoms with van der Waals surface area (Å²) >= 11 is 0. The fraction of sp³-hybridized carbons (Fsp3) is 0. The first-order valence-electron chi connectivity index (χ1n) is 4.37. The zero-order valence-electron chi connectivity index (χ0n) is 7.79.